The zero-order valence-corrected chi connectivity index (χ0v) is 7.87. The Morgan fingerprint density at radius 3 is 2.83 bits per heavy atom. The summed E-state index contributed by atoms with van der Waals surface area (Å²) in [5.41, 5.74) is -0.0838. The van der Waals surface area contributed by atoms with Gasteiger partial charge in [0.25, 0.3) is 0 Å². The number of oxazole rings is 1. The molecule has 1 rings (SSSR count). The quantitative estimate of drug-likeness (QED) is 0.643. The minimum atomic E-state index is -0.0838. The third-order valence-electron chi connectivity index (χ3n) is 1.75. The lowest BCUT2D eigenvalue weighted by Crippen LogP contribution is -2.13. The molecule has 2 heteroatoms. The van der Waals surface area contributed by atoms with Gasteiger partial charge in [-0.3, -0.25) is 0 Å². The van der Waals surface area contributed by atoms with Crippen molar-refractivity contribution in [3.8, 4) is 0 Å². The molecule has 0 saturated carbocycles. The van der Waals surface area contributed by atoms with E-state index in [9.17, 15) is 0 Å². The summed E-state index contributed by atoms with van der Waals surface area (Å²) < 4.78 is 5.23. The summed E-state index contributed by atoms with van der Waals surface area (Å²) in [5.74, 6) is 0.771. The molecule has 0 spiro atoms. The maximum atomic E-state index is 5.23. The normalized spacial score (nSPS) is 12.6. The molecule has 0 aliphatic carbocycles. The van der Waals surface area contributed by atoms with Crippen LogP contribution in [0.4, 0.5) is 0 Å². The van der Waals surface area contributed by atoms with Crippen LogP contribution in [0.25, 0.3) is 0 Å². The van der Waals surface area contributed by atoms with Gasteiger partial charge in [-0.1, -0.05) is 19.1 Å². The molecule has 1 heterocycles. The fraction of sp³-hybridized carbons (Fsp3) is 0.500. The predicted octanol–water partition coefficient (Wildman–Crippen LogP) is 2.92. The number of hydrogen-bond acceptors (Lipinski definition) is 2. The molecule has 66 valence electrons. The second kappa shape index (κ2) is 3.57. The highest BCUT2D eigenvalue weighted by Gasteiger charge is 2.21. The summed E-state index contributed by atoms with van der Waals surface area (Å²) in [7, 11) is 0. The molecule has 1 aromatic heterocycles. The average molecular weight is 165 g/mol. The monoisotopic (exact) mass is 165 g/mol. The number of aromatic nitrogens is 1. The predicted molar refractivity (Wildman–Crippen MR) is 49.0 cm³/mol. The van der Waals surface area contributed by atoms with Crippen molar-refractivity contribution in [3.63, 3.8) is 0 Å². The van der Waals surface area contributed by atoms with Crippen molar-refractivity contribution in [1.29, 1.82) is 0 Å². The van der Waals surface area contributed by atoms with E-state index in [-0.39, 0.29) is 5.41 Å². The lowest BCUT2D eigenvalue weighted by atomic mass is 9.93. The van der Waals surface area contributed by atoms with E-state index >= 15 is 0 Å². The molecule has 0 bridgehead atoms. The summed E-state index contributed by atoms with van der Waals surface area (Å²) in [6, 6.07) is 0. The van der Waals surface area contributed by atoms with Gasteiger partial charge in [0.2, 0.25) is 5.89 Å². The average Bonchev–Trinajstić information content (AvgIpc) is 2.53. The third-order valence-corrected chi connectivity index (χ3v) is 1.75. The highest BCUT2D eigenvalue weighted by atomic mass is 16.3. The molecule has 0 N–H and O–H groups in total. The maximum Gasteiger partial charge on any atom is 0.203 e. The minimum Gasteiger partial charge on any atom is -0.448 e. The summed E-state index contributed by atoms with van der Waals surface area (Å²) >= 11 is 0. The van der Waals surface area contributed by atoms with Crippen molar-refractivity contribution in [3.05, 3.63) is 30.5 Å². The van der Waals surface area contributed by atoms with Crippen molar-refractivity contribution in [2.24, 2.45) is 0 Å². The first-order chi connectivity index (χ1) is 5.67. The Morgan fingerprint density at radius 1 is 1.58 bits per heavy atom. The van der Waals surface area contributed by atoms with E-state index in [1.54, 1.807) is 12.5 Å². The van der Waals surface area contributed by atoms with Gasteiger partial charge in [0.05, 0.1) is 11.6 Å². The van der Waals surface area contributed by atoms with Crippen molar-refractivity contribution < 1.29 is 4.42 Å². The number of allylic oxidation sites excluding steroid dienone is 2. The first-order valence-corrected chi connectivity index (χ1v) is 4.24. The molecule has 0 aliphatic heterocycles. The van der Waals surface area contributed by atoms with Gasteiger partial charge in [-0.25, -0.2) is 4.98 Å². The first kappa shape index (κ1) is 9.04. The summed E-state index contributed by atoms with van der Waals surface area (Å²) in [6.07, 6.45) is 8.58. The minimum absolute atomic E-state index is 0.0838. The molecule has 2 nitrogen and oxygen atoms in total. The first-order valence-electron chi connectivity index (χ1n) is 4.24. The van der Waals surface area contributed by atoms with Crippen LogP contribution in [-0.2, 0) is 5.41 Å². The number of hydrogen-bond donors (Lipinski definition) is 0. The summed E-state index contributed by atoms with van der Waals surface area (Å²) in [6.45, 7) is 6.29. The van der Waals surface area contributed by atoms with E-state index in [0.29, 0.717) is 0 Å². The van der Waals surface area contributed by atoms with Crippen molar-refractivity contribution in [1.82, 2.24) is 4.98 Å². The molecule has 0 aromatic carbocycles. The Bertz CT molecular complexity index is 247. The smallest absolute Gasteiger partial charge is 0.203 e. The molecule has 0 saturated heterocycles. The molecule has 0 fully saturated rings. The highest BCUT2D eigenvalue weighted by Crippen LogP contribution is 2.22. The van der Waals surface area contributed by atoms with E-state index < -0.39 is 0 Å². The van der Waals surface area contributed by atoms with Crippen LogP contribution in [0.5, 0.6) is 0 Å². The van der Waals surface area contributed by atoms with Crippen LogP contribution in [0.3, 0.4) is 0 Å². The van der Waals surface area contributed by atoms with Gasteiger partial charge in [-0.2, -0.15) is 0 Å². The highest BCUT2D eigenvalue weighted by molar-refractivity contribution is 5.12. The van der Waals surface area contributed by atoms with Gasteiger partial charge >= 0.3 is 0 Å². The fourth-order valence-electron chi connectivity index (χ4n) is 1.03. The van der Waals surface area contributed by atoms with E-state index in [1.807, 2.05) is 0 Å². The Hall–Kier alpha value is -1.05. The SMILES string of the molecule is CC/C=C/C(C)(C)c1ncco1. The van der Waals surface area contributed by atoms with Crippen LogP contribution in [0.2, 0.25) is 0 Å². The molecule has 0 unspecified atom stereocenters. The maximum absolute atomic E-state index is 5.23. The van der Waals surface area contributed by atoms with Gasteiger partial charge in [-0.05, 0) is 20.3 Å². The molecule has 0 radical (unpaired) electrons. The second-order valence-corrected chi connectivity index (χ2v) is 3.37. The van der Waals surface area contributed by atoms with Crippen molar-refractivity contribution >= 4 is 0 Å². The van der Waals surface area contributed by atoms with Crippen LogP contribution < -0.4 is 0 Å². The molecule has 12 heavy (non-hydrogen) atoms. The Labute approximate surface area is 73.3 Å². The summed E-state index contributed by atoms with van der Waals surface area (Å²) in [4.78, 5) is 4.12. The van der Waals surface area contributed by atoms with Gasteiger partial charge in [-0.15, -0.1) is 0 Å². The largest absolute Gasteiger partial charge is 0.448 e. The van der Waals surface area contributed by atoms with Gasteiger partial charge in [0.15, 0.2) is 0 Å². The number of nitrogens with zero attached hydrogens (tertiary/aromatic N) is 1. The molecule has 0 amide bonds. The zero-order chi connectivity index (χ0) is 9.03. The molecule has 0 aliphatic rings. The number of rotatable bonds is 3. The summed E-state index contributed by atoms with van der Waals surface area (Å²) in [5, 5.41) is 0. The van der Waals surface area contributed by atoms with Crippen LogP contribution in [0, 0.1) is 0 Å². The van der Waals surface area contributed by atoms with Gasteiger partial charge in [0, 0.05) is 0 Å². The van der Waals surface area contributed by atoms with Gasteiger partial charge < -0.3 is 4.42 Å². The van der Waals surface area contributed by atoms with E-state index in [4.69, 9.17) is 4.42 Å². The lowest BCUT2D eigenvalue weighted by molar-refractivity contribution is 0.420. The fourth-order valence-corrected chi connectivity index (χ4v) is 1.03. The van der Waals surface area contributed by atoms with Gasteiger partial charge in [0.1, 0.15) is 6.26 Å². The van der Waals surface area contributed by atoms with Crippen LogP contribution in [-0.4, -0.2) is 4.98 Å². The van der Waals surface area contributed by atoms with Crippen LogP contribution >= 0.6 is 0 Å². The standard InChI is InChI=1S/C10H15NO/c1-4-5-6-10(2,3)9-11-7-8-12-9/h5-8H,4H2,1-3H3/b6-5+. The Balaban J connectivity index is 2.79. The zero-order valence-electron chi connectivity index (χ0n) is 7.87. The molecular weight excluding hydrogens is 150 g/mol. The Morgan fingerprint density at radius 2 is 2.33 bits per heavy atom. The Kier molecular flexibility index (Phi) is 2.69. The van der Waals surface area contributed by atoms with E-state index in [2.05, 4.69) is 37.9 Å². The second-order valence-electron chi connectivity index (χ2n) is 3.37. The van der Waals surface area contributed by atoms with Crippen molar-refractivity contribution in [2.75, 3.05) is 0 Å². The van der Waals surface area contributed by atoms with Crippen LogP contribution in [0.1, 0.15) is 33.1 Å². The van der Waals surface area contributed by atoms with E-state index in [0.717, 1.165) is 12.3 Å². The van der Waals surface area contributed by atoms with Crippen LogP contribution in [0.15, 0.2) is 29.0 Å². The molecule has 0 atom stereocenters. The topological polar surface area (TPSA) is 26.0 Å². The van der Waals surface area contributed by atoms with E-state index in [1.165, 1.54) is 0 Å². The molecular formula is C10H15NO. The molecule has 1 aromatic rings. The lowest BCUT2D eigenvalue weighted by Gasteiger charge is -2.14. The third kappa shape index (κ3) is 1.97. The van der Waals surface area contributed by atoms with Crippen molar-refractivity contribution in [2.45, 2.75) is 32.6 Å².